The summed E-state index contributed by atoms with van der Waals surface area (Å²) in [6.45, 7) is 5.07. The van der Waals surface area contributed by atoms with Crippen LogP contribution in [-0.4, -0.2) is 19.1 Å². The van der Waals surface area contributed by atoms with E-state index in [1.807, 2.05) is 18.7 Å². The Balaban J connectivity index is 2.29. The maximum absolute atomic E-state index is 14.2. The van der Waals surface area contributed by atoms with Crippen LogP contribution in [0.1, 0.15) is 32.3 Å². The van der Waals surface area contributed by atoms with E-state index in [9.17, 15) is 8.78 Å². The maximum Gasteiger partial charge on any atom is 0.149 e. The molecule has 2 rings (SSSR count). The van der Waals surface area contributed by atoms with Crippen LogP contribution >= 0.6 is 0 Å². The number of hydrogen-bond acceptors (Lipinski definition) is 2. The van der Waals surface area contributed by atoms with E-state index in [1.54, 1.807) is 0 Å². The van der Waals surface area contributed by atoms with E-state index in [1.165, 1.54) is 12.1 Å². The van der Waals surface area contributed by atoms with Crippen LogP contribution in [0.5, 0.6) is 0 Å². The molecule has 0 saturated heterocycles. The van der Waals surface area contributed by atoms with Gasteiger partial charge in [0.25, 0.3) is 0 Å². The van der Waals surface area contributed by atoms with Crippen LogP contribution < -0.4 is 10.6 Å². The molecule has 0 aromatic heterocycles. The molecule has 0 aliphatic heterocycles. The molecule has 4 heteroatoms. The lowest BCUT2D eigenvalue weighted by Crippen LogP contribution is -2.34. The number of anilines is 1. The van der Waals surface area contributed by atoms with Gasteiger partial charge in [-0.2, -0.15) is 0 Å². The summed E-state index contributed by atoms with van der Waals surface area (Å²) < 4.78 is 28.4. The van der Waals surface area contributed by atoms with Crippen LogP contribution in [0.15, 0.2) is 12.1 Å². The van der Waals surface area contributed by atoms with Crippen molar-refractivity contribution in [3.63, 3.8) is 0 Å². The van der Waals surface area contributed by atoms with E-state index in [4.69, 9.17) is 5.73 Å². The van der Waals surface area contributed by atoms with Crippen molar-refractivity contribution in [1.82, 2.24) is 0 Å². The van der Waals surface area contributed by atoms with E-state index < -0.39 is 11.6 Å². The van der Waals surface area contributed by atoms with Gasteiger partial charge in [0.05, 0.1) is 0 Å². The van der Waals surface area contributed by atoms with Crippen molar-refractivity contribution in [2.24, 2.45) is 11.7 Å². The van der Waals surface area contributed by atoms with Crippen LogP contribution in [-0.2, 0) is 6.42 Å². The molecule has 0 radical (unpaired) electrons. The van der Waals surface area contributed by atoms with Gasteiger partial charge in [0.1, 0.15) is 17.3 Å². The molecular weight excluding hydrogens is 246 g/mol. The average molecular weight is 268 g/mol. The molecule has 1 saturated carbocycles. The topological polar surface area (TPSA) is 29.3 Å². The molecule has 106 valence electrons. The second kappa shape index (κ2) is 5.87. The first-order chi connectivity index (χ1) is 9.02. The van der Waals surface area contributed by atoms with Crippen molar-refractivity contribution in [2.75, 3.05) is 18.0 Å². The SMILES string of the molecule is CC(C)N(CC1CC1)c1c(F)cc(CCN)cc1F. The number of halogens is 2. The Morgan fingerprint density at radius 1 is 1.26 bits per heavy atom. The molecule has 19 heavy (non-hydrogen) atoms. The van der Waals surface area contributed by atoms with Crippen LogP contribution in [0.25, 0.3) is 0 Å². The fourth-order valence-corrected chi connectivity index (χ4v) is 2.34. The summed E-state index contributed by atoms with van der Waals surface area (Å²) in [6, 6.07) is 2.91. The van der Waals surface area contributed by atoms with E-state index >= 15 is 0 Å². The van der Waals surface area contributed by atoms with Crippen molar-refractivity contribution in [3.05, 3.63) is 29.3 Å². The van der Waals surface area contributed by atoms with E-state index in [-0.39, 0.29) is 11.7 Å². The first kappa shape index (κ1) is 14.3. The minimum Gasteiger partial charge on any atom is -0.364 e. The third-order valence-electron chi connectivity index (χ3n) is 3.57. The lowest BCUT2D eigenvalue weighted by atomic mass is 10.1. The van der Waals surface area contributed by atoms with Gasteiger partial charge in [0.15, 0.2) is 0 Å². The summed E-state index contributed by atoms with van der Waals surface area (Å²) in [7, 11) is 0. The van der Waals surface area contributed by atoms with Gasteiger partial charge >= 0.3 is 0 Å². The van der Waals surface area contributed by atoms with Crippen LogP contribution in [0.2, 0.25) is 0 Å². The highest BCUT2D eigenvalue weighted by Crippen LogP contribution is 2.34. The predicted octanol–water partition coefficient (Wildman–Crippen LogP) is 3.09. The van der Waals surface area contributed by atoms with Gasteiger partial charge in [-0.3, -0.25) is 0 Å². The molecule has 0 spiro atoms. The van der Waals surface area contributed by atoms with Crippen molar-refractivity contribution in [2.45, 2.75) is 39.2 Å². The summed E-state index contributed by atoms with van der Waals surface area (Å²) in [5, 5.41) is 0. The number of nitrogens with two attached hydrogens (primary N) is 1. The highest BCUT2D eigenvalue weighted by Gasteiger charge is 2.28. The zero-order valence-corrected chi connectivity index (χ0v) is 11.6. The Morgan fingerprint density at radius 3 is 2.26 bits per heavy atom. The molecule has 0 heterocycles. The molecule has 0 atom stereocenters. The summed E-state index contributed by atoms with van der Waals surface area (Å²) in [4.78, 5) is 1.84. The predicted molar refractivity (Wildman–Crippen MR) is 74.3 cm³/mol. The Labute approximate surface area is 113 Å². The van der Waals surface area contributed by atoms with Gasteiger partial charge in [-0.25, -0.2) is 8.78 Å². The zero-order valence-electron chi connectivity index (χ0n) is 11.6. The summed E-state index contributed by atoms with van der Waals surface area (Å²) in [5.41, 5.74) is 6.16. The minimum absolute atomic E-state index is 0.0879. The zero-order chi connectivity index (χ0) is 14.0. The van der Waals surface area contributed by atoms with E-state index in [0.717, 1.165) is 19.4 Å². The number of benzene rings is 1. The molecule has 1 aromatic carbocycles. The first-order valence-electron chi connectivity index (χ1n) is 6.97. The van der Waals surface area contributed by atoms with Gasteiger partial charge in [-0.15, -0.1) is 0 Å². The summed E-state index contributed by atoms with van der Waals surface area (Å²) in [5.74, 6) is -0.361. The molecule has 1 aliphatic carbocycles. The molecule has 1 fully saturated rings. The van der Waals surface area contributed by atoms with Gasteiger partial charge < -0.3 is 10.6 Å². The lowest BCUT2D eigenvalue weighted by molar-refractivity contribution is 0.545. The molecule has 1 aromatic rings. The monoisotopic (exact) mass is 268 g/mol. The molecule has 0 bridgehead atoms. The largest absolute Gasteiger partial charge is 0.364 e. The first-order valence-corrected chi connectivity index (χ1v) is 6.97. The Morgan fingerprint density at radius 2 is 1.84 bits per heavy atom. The number of nitrogens with zero attached hydrogens (tertiary/aromatic N) is 1. The normalized spacial score (nSPS) is 15.1. The molecule has 0 amide bonds. The Bertz CT molecular complexity index is 419. The third-order valence-corrected chi connectivity index (χ3v) is 3.57. The number of hydrogen-bond donors (Lipinski definition) is 1. The van der Waals surface area contributed by atoms with Crippen molar-refractivity contribution >= 4 is 5.69 Å². The maximum atomic E-state index is 14.2. The van der Waals surface area contributed by atoms with Gasteiger partial charge in [-0.05, 0) is 63.3 Å². The lowest BCUT2D eigenvalue weighted by Gasteiger charge is -2.30. The highest BCUT2D eigenvalue weighted by molar-refractivity contribution is 5.51. The standard InChI is InChI=1S/C15H22F2N2/c1-10(2)19(9-11-3-4-11)15-13(16)7-12(5-6-18)8-14(15)17/h7-8,10-11H,3-6,9,18H2,1-2H3. The molecule has 0 unspecified atom stereocenters. The smallest absolute Gasteiger partial charge is 0.149 e. The van der Waals surface area contributed by atoms with Crippen LogP contribution in [0.3, 0.4) is 0 Å². The van der Waals surface area contributed by atoms with Gasteiger partial charge in [0.2, 0.25) is 0 Å². The average Bonchev–Trinajstić information content (AvgIpc) is 3.11. The Hall–Kier alpha value is -1.16. The molecule has 2 N–H and O–H groups in total. The fourth-order valence-electron chi connectivity index (χ4n) is 2.34. The van der Waals surface area contributed by atoms with E-state index in [0.29, 0.717) is 24.4 Å². The van der Waals surface area contributed by atoms with Crippen LogP contribution in [0, 0.1) is 17.6 Å². The minimum atomic E-state index is -0.474. The second-order valence-electron chi connectivity index (χ2n) is 5.64. The Kier molecular flexibility index (Phi) is 4.40. The molecule has 1 aliphatic rings. The third kappa shape index (κ3) is 3.44. The quantitative estimate of drug-likeness (QED) is 0.859. The van der Waals surface area contributed by atoms with Gasteiger partial charge in [-0.1, -0.05) is 0 Å². The molecule has 2 nitrogen and oxygen atoms in total. The van der Waals surface area contributed by atoms with Crippen molar-refractivity contribution < 1.29 is 8.78 Å². The summed E-state index contributed by atoms with van der Waals surface area (Å²) >= 11 is 0. The van der Waals surface area contributed by atoms with Gasteiger partial charge in [0, 0.05) is 12.6 Å². The van der Waals surface area contributed by atoms with Crippen LogP contribution in [0.4, 0.5) is 14.5 Å². The second-order valence-corrected chi connectivity index (χ2v) is 5.64. The summed E-state index contributed by atoms with van der Waals surface area (Å²) in [6.07, 6.45) is 2.83. The fraction of sp³-hybridized carbons (Fsp3) is 0.600. The molecular formula is C15H22F2N2. The number of rotatable bonds is 6. The van der Waals surface area contributed by atoms with E-state index in [2.05, 4.69) is 0 Å². The van der Waals surface area contributed by atoms with Crippen molar-refractivity contribution in [3.8, 4) is 0 Å². The highest BCUT2D eigenvalue weighted by atomic mass is 19.1. The van der Waals surface area contributed by atoms with Crippen molar-refractivity contribution in [1.29, 1.82) is 0 Å².